The van der Waals surface area contributed by atoms with Crippen molar-refractivity contribution in [2.45, 2.75) is 26.3 Å². The highest BCUT2D eigenvalue weighted by Gasteiger charge is 2.09. The second-order valence-corrected chi connectivity index (χ2v) is 4.44. The molecule has 0 N–H and O–H groups in total. The van der Waals surface area contributed by atoms with Crippen molar-refractivity contribution in [3.63, 3.8) is 0 Å². The van der Waals surface area contributed by atoms with Gasteiger partial charge in [-0.05, 0) is 24.1 Å². The molecule has 0 amide bonds. The molecule has 2 rings (SSSR count). The van der Waals surface area contributed by atoms with E-state index in [0.29, 0.717) is 12.0 Å². The Bertz CT molecular complexity index is 544. The van der Waals surface area contributed by atoms with Crippen LogP contribution in [0.4, 0.5) is 0 Å². The van der Waals surface area contributed by atoms with Gasteiger partial charge in [0, 0.05) is 19.2 Å². The van der Waals surface area contributed by atoms with Crippen LogP contribution in [0.15, 0.2) is 36.7 Å². The number of rotatable bonds is 6. The Balaban J connectivity index is 2.02. The minimum Gasteiger partial charge on any atom is -0.497 e. The molecule has 0 aliphatic heterocycles. The van der Waals surface area contributed by atoms with Gasteiger partial charge in [-0.2, -0.15) is 5.10 Å². The molecule has 1 heterocycles. The van der Waals surface area contributed by atoms with E-state index in [4.69, 9.17) is 4.74 Å². The lowest BCUT2D eigenvalue weighted by Gasteiger charge is -2.02. The first-order valence-corrected chi connectivity index (χ1v) is 6.41. The third kappa shape index (κ3) is 3.44. The smallest absolute Gasteiger partial charge is 0.170 e. The van der Waals surface area contributed by atoms with E-state index < -0.39 is 0 Å². The Morgan fingerprint density at radius 1 is 1.32 bits per heavy atom. The lowest BCUT2D eigenvalue weighted by Crippen LogP contribution is -2.02. The molecule has 2 aromatic rings. The van der Waals surface area contributed by atoms with E-state index >= 15 is 0 Å². The molecular formula is C15H18N2O2. The van der Waals surface area contributed by atoms with Gasteiger partial charge in [-0.1, -0.05) is 19.1 Å². The zero-order valence-electron chi connectivity index (χ0n) is 11.3. The first-order chi connectivity index (χ1) is 9.22. The minimum absolute atomic E-state index is 0.0903. The first kappa shape index (κ1) is 13.3. The molecule has 0 atom stereocenters. The van der Waals surface area contributed by atoms with Crippen molar-refractivity contribution >= 4 is 5.78 Å². The molecule has 4 nitrogen and oxygen atoms in total. The predicted molar refractivity (Wildman–Crippen MR) is 73.5 cm³/mol. The van der Waals surface area contributed by atoms with Gasteiger partial charge in [-0.25, -0.2) is 0 Å². The largest absolute Gasteiger partial charge is 0.497 e. The molecule has 0 unspecified atom stereocenters. The van der Waals surface area contributed by atoms with Crippen molar-refractivity contribution in [2.75, 3.05) is 7.11 Å². The van der Waals surface area contributed by atoms with Crippen LogP contribution >= 0.6 is 0 Å². The Morgan fingerprint density at radius 2 is 2.05 bits per heavy atom. The number of methoxy groups -OCH3 is 1. The number of carbonyl (C=O) groups excluding carboxylic acids is 1. The molecule has 4 heteroatoms. The highest BCUT2D eigenvalue weighted by molar-refractivity contribution is 5.97. The Morgan fingerprint density at radius 3 is 2.68 bits per heavy atom. The van der Waals surface area contributed by atoms with E-state index in [-0.39, 0.29) is 5.78 Å². The van der Waals surface area contributed by atoms with Crippen LogP contribution in [0.25, 0.3) is 0 Å². The van der Waals surface area contributed by atoms with Gasteiger partial charge in [-0.3, -0.25) is 9.48 Å². The van der Waals surface area contributed by atoms with Crippen LogP contribution in [-0.2, 0) is 13.0 Å². The van der Waals surface area contributed by atoms with Gasteiger partial charge >= 0.3 is 0 Å². The van der Waals surface area contributed by atoms with E-state index in [2.05, 4.69) is 12.0 Å². The summed E-state index contributed by atoms with van der Waals surface area (Å²) >= 11 is 0. The Kier molecular flexibility index (Phi) is 4.34. The fraction of sp³-hybridized carbons (Fsp3) is 0.333. The van der Waals surface area contributed by atoms with Crippen LogP contribution < -0.4 is 4.74 Å². The summed E-state index contributed by atoms with van der Waals surface area (Å²) in [4.78, 5) is 12.1. The second-order valence-electron chi connectivity index (χ2n) is 4.44. The predicted octanol–water partition coefficient (Wildman–Crippen LogP) is 2.73. The van der Waals surface area contributed by atoms with Crippen LogP contribution in [-0.4, -0.2) is 22.7 Å². The molecule has 0 aliphatic carbocycles. The van der Waals surface area contributed by atoms with Crippen LogP contribution in [0.2, 0.25) is 0 Å². The van der Waals surface area contributed by atoms with Crippen LogP contribution in [0.3, 0.4) is 0 Å². The van der Waals surface area contributed by atoms with Gasteiger partial charge in [0.2, 0.25) is 0 Å². The molecular weight excluding hydrogens is 240 g/mol. The number of hydrogen-bond acceptors (Lipinski definition) is 3. The fourth-order valence-corrected chi connectivity index (χ4v) is 1.89. The van der Waals surface area contributed by atoms with E-state index in [1.807, 2.05) is 30.5 Å². The van der Waals surface area contributed by atoms with E-state index in [9.17, 15) is 4.79 Å². The summed E-state index contributed by atoms with van der Waals surface area (Å²) in [6, 6.07) is 7.55. The van der Waals surface area contributed by atoms with E-state index in [1.54, 1.807) is 18.0 Å². The van der Waals surface area contributed by atoms with Crippen molar-refractivity contribution in [2.24, 2.45) is 0 Å². The van der Waals surface area contributed by atoms with Crippen LogP contribution in [0.1, 0.15) is 29.3 Å². The summed E-state index contributed by atoms with van der Waals surface area (Å²) in [5, 5.41) is 4.17. The van der Waals surface area contributed by atoms with E-state index in [1.165, 1.54) is 0 Å². The molecule has 0 aliphatic rings. The lowest BCUT2D eigenvalue weighted by atomic mass is 10.1. The third-order valence-electron chi connectivity index (χ3n) is 2.93. The molecule has 19 heavy (non-hydrogen) atoms. The van der Waals surface area contributed by atoms with Crippen molar-refractivity contribution < 1.29 is 9.53 Å². The molecule has 100 valence electrons. The summed E-state index contributed by atoms with van der Waals surface area (Å²) in [7, 11) is 1.63. The summed E-state index contributed by atoms with van der Waals surface area (Å²) < 4.78 is 6.90. The average Bonchev–Trinajstić information content (AvgIpc) is 2.89. The zero-order valence-corrected chi connectivity index (χ0v) is 11.3. The van der Waals surface area contributed by atoms with Gasteiger partial charge < -0.3 is 4.74 Å². The molecule has 0 saturated heterocycles. The summed E-state index contributed by atoms with van der Waals surface area (Å²) in [5.41, 5.74) is 1.65. The maximum absolute atomic E-state index is 12.1. The number of nitrogens with zero attached hydrogens (tertiary/aromatic N) is 2. The fourth-order valence-electron chi connectivity index (χ4n) is 1.89. The Labute approximate surface area is 113 Å². The van der Waals surface area contributed by atoms with Crippen LogP contribution in [0.5, 0.6) is 5.75 Å². The maximum Gasteiger partial charge on any atom is 0.170 e. The van der Waals surface area contributed by atoms with Crippen molar-refractivity contribution in [3.8, 4) is 5.75 Å². The Hall–Kier alpha value is -2.10. The summed E-state index contributed by atoms with van der Waals surface area (Å²) in [6.07, 6.45) is 4.85. The number of ketones is 1. The zero-order chi connectivity index (χ0) is 13.7. The monoisotopic (exact) mass is 258 g/mol. The maximum atomic E-state index is 12.1. The lowest BCUT2D eigenvalue weighted by molar-refractivity contribution is 0.0993. The molecule has 0 saturated carbocycles. The van der Waals surface area contributed by atoms with Crippen molar-refractivity contribution in [3.05, 3.63) is 47.8 Å². The van der Waals surface area contributed by atoms with Gasteiger partial charge in [0.1, 0.15) is 5.75 Å². The highest BCUT2D eigenvalue weighted by Crippen LogP contribution is 2.13. The average molecular weight is 258 g/mol. The first-order valence-electron chi connectivity index (χ1n) is 6.41. The molecule has 1 aromatic carbocycles. The minimum atomic E-state index is 0.0903. The number of Topliss-reactive ketones (excluding diaryl/α,β-unsaturated/α-hetero) is 1. The molecule has 0 bridgehead atoms. The molecule has 0 spiro atoms. The van der Waals surface area contributed by atoms with Crippen LogP contribution in [0, 0.1) is 0 Å². The number of aryl methyl sites for hydroxylation is 1. The van der Waals surface area contributed by atoms with Gasteiger partial charge in [0.15, 0.2) is 5.78 Å². The third-order valence-corrected chi connectivity index (χ3v) is 2.93. The number of carbonyl (C=O) groups is 1. The van der Waals surface area contributed by atoms with E-state index in [0.717, 1.165) is 24.3 Å². The molecule has 0 fully saturated rings. The number of benzene rings is 1. The SMILES string of the molecule is CCCn1cc(C(=O)Cc2ccc(OC)cc2)cn1. The highest BCUT2D eigenvalue weighted by atomic mass is 16.5. The quantitative estimate of drug-likeness (QED) is 0.748. The van der Waals surface area contributed by atoms with Gasteiger partial charge in [-0.15, -0.1) is 0 Å². The standard InChI is InChI=1S/C15H18N2O2/c1-3-8-17-11-13(10-16-17)15(18)9-12-4-6-14(19-2)7-5-12/h4-7,10-11H,3,8-9H2,1-2H3. The molecule has 0 radical (unpaired) electrons. The normalized spacial score (nSPS) is 10.4. The molecule has 1 aromatic heterocycles. The second kappa shape index (κ2) is 6.18. The number of aromatic nitrogens is 2. The topological polar surface area (TPSA) is 44.1 Å². The van der Waals surface area contributed by atoms with Crippen molar-refractivity contribution in [1.29, 1.82) is 0 Å². The van der Waals surface area contributed by atoms with Gasteiger partial charge in [0.05, 0.1) is 18.9 Å². The summed E-state index contributed by atoms with van der Waals surface area (Å²) in [5.74, 6) is 0.888. The van der Waals surface area contributed by atoms with Gasteiger partial charge in [0.25, 0.3) is 0 Å². The number of ether oxygens (including phenoxy) is 1. The number of hydrogen-bond donors (Lipinski definition) is 0. The van der Waals surface area contributed by atoms with Crippen molar-refractivity contribution in [1.82, 2.24) is 9.78 Å². The summed E-state index contributed by atoms with van der Waals surface area (Å²) in [6.45, 7) is 2.93.